The fourth-order valence-corrected chi connectivity index (χ4v) is 4.90. The van der Waals surface area contributed by atoms with E-state index in [1.54, 1.807) is 6.07 Å². The predicted molar refractivity (Wildman–Crippen MR) is 111 cm³/mol. The van der Waals surface area contributed by atoms with E-state index in [2.05, 4.69) is 15.5 Å². The molecule has 2 aliphatic rings. The van der Waals surface area contributed by atoms with Gasteiger partial charge in [0.2, 0.25) is 5.91 Å². The number of aliphatic hydroxyl groups excluding tert-OH is 1. The Hall–Kier alpha value is -3.01. The summed E-state index contributed by atoms with van der Waals surface area (Å²) in [4.78, 5) is 23.6. The Morgan fingerprint density at radius 1 is 1.16 bits per heavy atom. The van der Waals surface area contributed by atoms with E-state index < -0.39 is 23.6 Å². The maximum Gasteiger partial charge on any atom is 0.404 e. The lowest BCUT2D eigenvalue weighted by molar-refractivity contribution is -0.115. The van der Waals surface area contributed by atoms with Crippen LogP contribution < -0.4 is 11.1 Å². The molecule has 2 saturated carbocycles. The molecule has 172 valence electrons. The highest BCUT2D eigenvalue weighted by atomic mass is 19.1. The van der Waals surface area contributed by atoms with Gasteiger partial charge in [0, 0.05) is 29.7 Å². The van der Waals surface area contributed by atoms with Crippen LogP contribution in [0.15, 0.2) is 24.3 Å². The van der Waals surface area contributed by atoms with Crippen LogP contribution in [0.4, 0.5) is 19.4 Å². The molecule has 4 rings (SSSR count). The highest BCUT2D eigenvalue weighted by Crippen LogP contribution is 2.45. The lowest BCUT2D eigenvalue weighted by Crippen LogP contribution is -2.43. The first-order chi connectivity index (χ1) is 15.3. The number of hydrogen-bond donors (Lipinski definition) is 4. The number of aromatic nitrogens is 2. The number of carbonyl (C=O) groups excluding carboxylic acids is 2. The van der Waals surface area contributed by atoms with Crippen molar-refractivity contribution in [2.75, 3.05) is 5.32 Å². The van der Waals surface area contributed by atoms with Gasteiger partial charge in [-0.15, -0.1) is 0 Å². The fraction of sp³-hybridized carbons (Fsp3) is 0.500. The van der Waals surface area contributed by atoms with Crippen LogP contribution in [-0.4, -0.2) is 39.5 Å². The van der Waals surface area contributed by atoms with Gasteiger partial charge in [-0.05, 0) is 55.7 Å². The van der Waals surface area contributed by atoms with Gasteiger partial charge >= 0.3 is 6.09 Å². The van der Waals surface area contributed by atoms with E-state index in [1.165, 1.54) is 0 Å². The van der Waals surface area contributed by atoms with Gasteiger partial charge in [-0.2, -0.15) is 5.10 Å². The van der Waals surface area contributed by atoms with Gasteiger partial charge in [-0.3, -0.25) is 9.89 Å². The molecule has 32 heavy (non-hydrogen) atoms. The maximum absolute atomic E-state index is 13.3. The largest absolute Gasteiger partial charge is 0.446 e. The lowest BCUT2D eigenvalue weighted by Gasteiger charge is -2.39. The number of halogens is 2. The average molecular weight is 448 g/mol. The normalized spacial score (nSPS) is 25.7. The molecule has 1 aromatic heterocycles. The summed E-state index contributed by atoms with van der Waals surface area (Å²) in [6.07, 6.45) is 2.05. The van der Waals surface area contributed by atoms with Crippen LogP contribution >= 0.6 is 0 Å². The van der Waals surface area contributed by atoms with Gasteiger partial charge in [0.05, 0.1) is 12.5 Å². The summed E-state index contributed by atoms with van der Waals surface area (Å²) in [5, 5.41) is 19.3. The van der Waals surface area contributed by atoms with Crippen molar-refractivity contribution < 1.29 is 28.2 Å². The first kappa shape index (κ1) is 22.2. The van der Waals surface area contributed by atoms with E-state index in [0.29, 0.717) is 18.7 Å². The Morgan fingerprint density at radius 3 is 2.53 bits per heavy atom. The van der Waals surface area contributed by atoms with Crippen molar-refractivity contribution >= 4 is 17.8 Å². The van der Waals surface area contributed by atoms with Crippen molar-refractivity contribution in [1.82, 2.24) is 10.2 Å². The zero-order chi connectivity index (χ0) is 22.8. The number of ether oxygens (including phenoxy) is 1. The predicted octanol–water partition coefficient (Wildman–Crippen LogP) is 2.99. The van der Waals surface area contributed by atoms with Crippen molar-refractivity contribution in [1.29, 1.82) is 0 Å². The quantitative estimate of drug-likeness (QED) is 0.517. The summed E-state index contributed by atoms with van der Waals surface area (Å²) in [7, 11) is 0. The van der Waals surface area contributed by atoms with Crippen LogP contribution in [0.3, 0.4) is 0 Å². The lowest BCUT2D eigenvalue weighted by atomic mass is 9.74. The number of amides is 2. The van der Waals surface area contributed by atoms with Crippen molar-refractivity contribution in [3.8, 4) is 0 Å². The standard InChI is InChI=1S/C22H26F2N4O4/c23-15-3-11(4-16(24)9-15)5-20(30)26-19-10-18(27-28-19)12-1-2-13(6-12)21(32-22(25)31)14-7-17(29)8-14/h3-4,9-10,12-14,17,21,29H,1-2,5-8H2,(H2,25,31)(H2,26,27,28,30)/t12-,13+,14-,17-,21?/m1/s1. The molecule has 2 amide bonds. The molecule has 2 aliphatic carbocycles. The SMILES string of the molecule is NC(=O)OC([C@H]1CC[C@@H](c2cc(NC(=O)Cc3cc(F)cc(F)c3)n[nH]2)C1)[C@H]1C[C@H](O)C1. The summed E-state index contributed by atoms with van der Waals surface area (Å²) >= 11 is 0. The maximum atomic E-state index is 13.3. The number of aliphatic hydroxyl groups is 1. The highest BCUT2D eigenvalue weighted by molar-refractivity contribution is 5.91. The first-order valence-electron chi connectivity index (χ1n) is 10.7. The smallest absolute Gasteiger partial charge is 0.404 e. The Bertz CT molecular complexity index is 972. The molecule has 1 heterocycles. The molecule has 0 radical (unpaired) electrons. The second-order valence-corrected chi connectivity index (χ2v) is 8.77. The average Bonchev–Trinajstić information content (AvgIpc) is 3.32. The van der Waals surface area contributed by atoms with Crippen LogP contribution in [0.25, 0.3) is 0 Å². The van der Waals surface area contributed by atoms with E-state index >= 15 is 0 Å². The minimum Gasteiger partial charge on any atom is -0.446 e. The van der Waals surface area contributed by atoms with Gasteiger partial charge in [0.1, 0.15) is 17.7 Å². The molecule has 0 saturated heterocycles. The molecule has 0 spiro atoms. The Labute approximate surface area is 183 Å². The number of nitrogens with two attached hydrogens (primary N) is 1. The van der Waals surface area contributed by atoms with Gasteiger partial charge < -0.3 is 20.9 Å². The third-order valence-electron chi connectivity index (χ3n) is 6.40. The van der Waals surface area contributed by atoms with Crippen molar-refractivity contribution in [2.24, 2.45) is 17.6 Å². The van der Waals surface area contributed by atoms with Gasteiger partial charge in [-0.1, -0.05) is 0 Å². The number of carbonyl (C=O) groups is 2. The topological polar surface area (TPSA) is 130 Å². The molecule has 2 aromatic rings. The second kappa shape index (κ2) is 9.23. The minimum atomic E-state index is -0.801. The van der Waals surface area contributed by atoms with Crippen LogP contribution in [0.1, 0.15) is 49.3 Å². The molecule has 1 aromatic carbocycles. The van der Waals surface area contributed by atoms with E-state index in [1.807, 2.05) is 0 Å². The zero-order valence-corrected chi connectivity index (χ0v) is 17.4. The van der Waals surface area contributed by atoms with Crippen LogP contribution in [0.2, 0.25) is 0 Å². The zero-order valence-electron chi connectivity index (χ0n) is 17.4. The number of primary amides is 1. The van der Waals surface area contributed by atoms with Gasteiger partial charge in [0.15, 0.2) is 5.82 Å². The summed E-state index contributed by atoms with van der Waals surface area (Å²) in [5.41, 5.74) is 6.34. The minimum absolute atomic E-state index is 0.116. The summed E-state index contributed by atoms with van der Waals surface area (Å²) in [6.45, 7) is 0. The highest BCUT2D eigenvalue weighted by Gasteiger charge is 2.43. The second-order valence-electron chi connectivity index (χ2n) is 8.77. The number of hydrogen-bond acceptors (Lipinski definition) is 5. The van der Waals surface area contributed by atoms with E-state index in [4.69, 9.17) is 10.5 Å². The molecule has 0 bridgehead atoms. The fourth-order valence-electron chi connectivity index (χ4n) is 4.90. The van der Waals surface area contributed by atoms with E-state index in [-0.39, 0.29) is 41.9 Å². The summed E-state index contributed by atoms with van der Waals surface area (Å²) in [6, 6.07) is 4.72. The molecule has 10 heteroatoms. The van der Waals surface area contributed by atoms with Crippen molar-refractivity contribution in [3.63, 3.8) is 0 Å². The molecule has 1 unspecified atom stereocenters. The number of aromatic amines is 1. The Balaban J connectivity index is 1.34. The monoisotopic (exact) mass is 448 g/mol. The Kier molecular flexibility index (Phi) is 6.40. The van der Waals surface area contributed by atoms with Crippen LogP contribution in [0.5, 0.6) is 0 Å². The van der Waals surface area contributed by atoms with Crippen LogP contribution in [-0.2, 0) is 16.0 Å². The third kappa shape index (κ3) is 5.24. The van der Waals surface area contributed by atoms with E-state index in [0.717, 1.165) is 43.2 Å². The number of nitrogens with zero attached hydrogens (tertiary/aromatic N) is 1. The molecule has 0 aliphatic heterocycles. The van der Waals surface area contributed by atoms with Crippen LogP contribution in [0, 0.1) is 23.5 Å². The number of rotatable bonds is 7. The molecule has 8 nitrogen and oxygen atoms in total. The van der Waals surface area contributed by atoms with E-state index in [9.17, 15) is 23.5 Å². The molecular formula is C22H26F2N4O4. The molecule has 5 N–H and O–H groups in total. The van der Waals surface area contributed by atoms with Gasteiger partial charge in [-0.25, -0.2) is 13.6 Å². The Morgan fingerprint density at radius 2 is 1.88 bits per heavy atom. The number of nitrogens with one attached hydrogen (secondary N) is 2. The molecular weight excluding hydrogens is 422 g/mol. The number of H-pyrrole nitrogens is 1. The first-order valence-corrected chi connectivity index (χ1v) is 10.7. The van der Waals surface area contributed by atoms with Crippen molar-refractivity contribution in [2.45, 2.75) is 56.7 Å². The number of benzene rings is 1. The molecule has 3 atom stereocenters. The third-order valence-corrected chi connectivity index (χ3v) is 6.40. The number of anilines is 1. The van der Waals surface area contributed by atoms with Crippen molar-refractivity contribution in [3.05, 3.63) is 47.2 Å². The summed E-state index contributed by atoms with van der Waals surface area (Å²) < 4.78 is 32.0. The van der Waals surface area contributed by atoms with Gasteiger partial charge in [0.25, 0.3) is 0 Å². The summed E-state index contributed by atoms with van der Waals surface area (Å²) in [5.74, 6) is -1.17. The molecule has 2 fully saturated rings.